The quantitative estimate of drug-likeness (QED) is 0.824. The largest absolute Gasteiger partial charge is 0.310 e. The summed E-state index contributed by atoms with van der Waals surface area (Å²) in [4.78, 5) is 3.99. The van der Waals surface area contributed by atoms with Gasteiger partial charge < -0.3 is 5.32 Å². The molecule has 0 radical (unpaired) electrons. The second kappa shape index (κ2) is 5.74. The Morgan fingerprint density at radius 1 is 1.24 bits per heavy atom. The van der Waals surface area contributed by atoms with Gasteiger partial charge in [-0.15, -0.1) is 5.10 Å². The van der Waals surface area contributed by atoms with Gasteiger partial charge in [0, 0.05) is 12.6 Å². The third-order valence-electron chi connectivity index (χ3n) is 3.09. The van der Waals surface area contributed by atoms with Crippen LogP contribution in [0.25, 0.3) is 0 Å². The van der Waals surface area contributed by atoms with Gasteiger partial charge in [0.25, 0.3) is 16.0 Å². The molecule has 1 saturated carbocycles. The highest BCUT2D eigenvalue weighted by Crippen LogP contribution is 2.20. The fraction of sp³-hybridized carbons (Fsp3) is 0.308. The minimum absolute atomic E-state index is 0.0426. The van der Waals surface area contributed by atoms with Gasteiger partial charge in [-0.2, -0.15) is 5.10 Å². The van der Waals surface area contributed by atoms with Gasteiger partial charge in [0.1, 0.15) is 0 Å². The summed E-state index contributed by atoms with van der Waals surface area (Å²) in [7, 11) is -3.70. The van der Waals surface area contributed by atoms with Gasteiger partial charge in [0.2, 0.25) is 0 Å². The van der Waals surface area contributed by atoms with E-state index >= 15 is 0 Å². The van der Waals surface area contributed by atoms with E-state index in [4.69, 9.17) is 0 Å². The van der Waals surface area contributed by atoms with Crippen molar-refractivity contribution in [3.63, 3.8) is 0 Å². The number of hydrogen-bond acceptors (Lipinski definition) is 6. The number of nitrogens with zero attached hydrogens (tertiary/aromatic N) is 3. The van der Waals surface area contributed by atoms with E-state index in [9.17, 15) is 8.42 Å². The first-order valence-corrected chi connectivity index (χ1v) is 8.11. The highest BCUT2D eigenvalue weighted by molar-refractivity contribution is 7.92. The van der Waals surface area contributed by atoms with E-state index in [2.05, 4.69) is 25.2 Å². The van der Waals surface area contributed by atoms with Crippen molar-refractivity contribution < 1.29 is 8.42 Å². The molecule has 1 fully saturated rings. The van der Waals surface area contributed by atoms with Crippen LogP contribution in [0.2, 0.25) is 0 Å². The molecule has 3 rings (SSSR count). The summed E-state index contributed by atoms with van der Waals surface area (Å²) >= 11 is 0. The lowest BCUT2D eigenvalue weighted by Crippen LogP contribution is -2.17. The lowest BCUT2D eigenvalue weighted by atomic mass is 10.2. The van der Waals surface area contributed by atoms with Crippen LogP contribution in [0, 0.1) is 0 Å². The minimum Gasteiger partial charge on any atom is -0.310 e. The van der Waals surface area contributed by atoms with Crippen LogP contribution in [-0.4, -0.2) is 29.6 Å². The Morgan fingerprint density at radius 2 is 2.10 bits per heavy atom. The second-order valence-electron chi connectivity index (χ2n) is 4.87. The van der Waals surface area contributed by atoms with Crippen LogP contribution in [0.1, 0.15) is 18.4 Å². The highest BCUT2D eigenvalue weighted by atomic mass is 32.2. The summed E-state index contributed by atoms with van der Waals surface area (Å²) < 4.78 is 26.8. The van der Waals surface area contributed by atoms with Crippen molar-refractivity contribution in [3.8, 4) is 0 Å². The summed E-state index contributed by atoms with van der Waals surface area (Å²) in [6.07, 6.45) is 5.14. The molecular weight excluding hydrogens is 290 g/mol. The Balaban J connectivity index is 1.76. The number of anilines is 1. The minimum atomic E-state index is -3.70. The lowest BCUT2D eigenvalue weighted by molar-refractivity contribution is 0.600. The van der Waals surface area contributed by atoms with Crippen molar-refractivity contribution in [2.24, 2.45) is 0 Å². The third-order valence-corrected chi connectivity index (χ3v) is 4.42. The van der Waals surface area contributed by atoms with E-state index in [0.717, 1.165) is 5.56 Å². The number of rotatable bonds is 6. The average molecular weight is 305 g/mol. The molecule has 0 saturated heterocycles. The summed E-state index contributed by atoms with van der Waals surface area (Å²) in [6, 6.07) is 7.39. The molecule has 1 heterocycles. The first-order valence-electron chi connectivity index (χ1n) is 6.62. The van der Waals surface area contributed by atoms with Crippen molar-refractivity contribution in [3.05, 3.63) is 42.2 Å². The van der Waals surface area contributed by atoms with Crippen LogP contribution < -0.4 is 10.0 Å². The number of benzene rings is 1. The average Bonchev–Trinajstić information content (AvgIpc) is 3.30. The summed E-state index contributed by atoms with van der Waals surface area (Å²) in [5.41, 5.74) is 0.928. The van der Waals surface area contributed by atoms with Gasteiger partial charge >= 0.3 is 0 Å². The molecule has 1 aromatic carbocycles. The van der Waals surface area contributed by atoms with E-state index < -0.39 is 10.0 Å². The standard InChI is InChI=1S/C13H15N5O2S/c19-21(20,18-13-14-6-7-16-17-13)12-3-1-2-10(8-12)9-15-11-4-5-11/h1-3,6-8,11,15H,4-5,9H2,(H,14,17,18). The fourth-order valence-electron chi connectivity index (χ4n) is 1.85. The molecule has 0 spiro atoms. The van der Waals surface area contributed by atoms with Crippen LogP contribution >= 0.6 is 0 Å². The molecule has 2 N–H and O–H groups in total. The van der Waals surface area contributed by atoms with E-state index in [-0.39, 0.29) is 10.8 Å². The molecule has 8 heteroatoms. The summed E-state index contributed by atoms with van der Waals surface area (Å²) in [6.45, 7) is 0.664. The lowest BCUT2D eigenvalue weighted by Gasteiger charge is -2.08. The van der Waals surface area contributed by atoms with Gasteiger partial charge in [-0.05, 0) is 30.5 Å². The molecule has 0 amide bonds. The maximum Gasteiger partial charge on any atom is 0.264 e. The SMILES string of the molecule is O=S(=O)(Nc1nccnn1)c1cccc(CNC2CC2)c1. The smallest absolute Gasteiger partial charge is 0.264 e. The number of aromatic nitrogens is 3. The molecule has 1 aliphatic rings. The van der Waals surface area contributed by atoms with E-state index in [1.54, 1.807) is 18.2 Å². The molecule has 2 aromatic rings. The molecule has 1 aliphatic carbocycles. The molecular formula is C13H15N5O2S. The van der Waals surface area contributed by atoms with Gasteiger partial charge in [-0.25, -0.2) is 18.1 Å². The molecule has 0 bridgehead atoms. The Labute approximate surface area is 122 Å². The molecule has 7 nitrogen and oxygen atoms in total. The summed E-state index contributed by atoms with van der Waals surface area (Å²) in [5, 5.41) is 10.6. The van der Waals surface area contributed by atoms with Crippen molar-refractivity contribution in [1.82, 2.24) is 20.5 Å². The summed E-state index contributed by atoms with van der Waals surface area (Å²) in [5.74, 6) is -0.0426. The number of nitrogens with one attached hydrogen (secondary N) is 2. The van der Waals surface area contributed by atoms with Gasteiger partial charge in [-0.3, -0.25) is 0 Å². The Kier molecular flexibility index (Phi) is 3.80. The van der Waals surface area contributed by atoms with Gasteiger partial charge in [0.15, 0.2) is 0 Å². The predicted molar refractivity (Wildman–Crippen MR) is 76.9 cm³/mol. The molecule has 110 valence electrons. The van der Waals surface area contributed by atoms with Crippen LogP contribution in [0.3, 0.4) is 0 Å². The van der Waals surface area contributed by atoms with Crippen molar-refractivity contribution in [1.29, 1.82) is 0 Å². The molecule has 0 unspecified atom stereocenters. The molecule has 0 atom stereocenters. The normalized spacial score (nSPS) is 14.9. The molecule has 0 aliphatic heterocycles. The third kappa shape index (κ3) is 3.73. The Morgan fingerprint density at radius 3 is 2.81 bits per heavy atom. The predicted octanol–water partition coefficient (Wildman–Crippen LogP) is 0.924. The number of sulfonamides is 1. The van der Waals surface area contributed by atoms with Crippen LogP contribution in [-0.2, 0) is 16.6 Å². The van der Waals surface area contributed by atoms with Crippen molar-refractivity contribution in [2.45, 2.75) is 30.3 Å². The van der Waals surface area contributed by atoms with Gasteiger partial charge in [0.05, 0.1) is 17.3 Å². The Hall–Kier alpha value is -2.06. The van der Waals surface area contributed by atoms with Crippen LogP contribution in [0.15, 0.2) is 41.6 Å². The zero-order valence-corrected chi connectivity index (χ0v) is 12.0. The highest BCUT2D eigenvalue weighted by Gasteiger charge is 2.20. The van der Waals surface area contributed by atoms with E-state index in [1.165, 1.54) is 25.2 Å². The van der Waals surface area contributed by atoms with Crippen molar-refractivity contribution in [2.75, 3.05) is 4.72 Å². The number of hydrogen-bond donors (Lipinski definition) is 2. The topological polar surface area (TPSA) is 96.9 Å². The maximum atomic E-state index is 12.3. The van der Waals surface area contributed by atoms with E-state index in [0.29, 0.717) is 12.6 Å². The Bertz CT molecular complexity index is 716. The first-order chi connectivity index (χ1) is 10.1. The fourth-order valence-corrected chi connectivity index (χ4v) is 2.86. The molecule has 21 heavy (non-hydrogen) atoms. The second-order valence-corrected chi connectivity index (χ2v) is 6.56. The zero-order valence-electron chi connectivity index (χ0n) is 11.2. The van der Waals surface area contributed by atoms with Crippen LogP contribution in [0.5, 0.6) is 0 Å². The van der Waals surface area contributed by atoms with Crippen LogP contribution in [0.4, 0.5) is 5.95 Å². The maximum absolute atomic E-state index is 12.3. The molecule has 1 aromatic heterocycles. The monoisotopic (exact) mass is 305 g/mol. The zero-order chi connectivity index (χ0) is 14.7. The van der Waals surface area contributed by atoms with Gasteiger partial charge in [-0.1, -0.05) is 12.1 Å². The van der Waals surface area contributed by atoms with E-state index in [1.807, 2.05) is 6.07 Å². The first kappa shape index (κ1) is 13.9. The van der Waals surface area contributed by atoms with Crippen molar-refractivity contribution >= 4 is 16.0 Å².